The highest BCUT2D eigenvalue weighted by Crippen LogP contribution is 2.31. The maximum absolute atomic E-state index is 13.0. The fourth-order valence-electron chi connectivity index (χ4n) is 3.01. The van der Waals surface area contributed by atoms with Crippen molar-refractivity contribution in [1.29, 1.82) is 0 Å². The van der Waals surface area contributed by atoms with Gasteiger partial charge in [-0.3, -0.25) is 9.10 Å². The van der Waals surface area contributed by atoms with Gasteiger partial charge in [-0.15, -0.1) is 0 Å². The van der Waals surface area contributed by atoms with Crippen molar-refractivity contribution in [3.8, 4) is 0 Å². The number of sulfonamides is 1. The average molecular weight is 449 g/mol. The first-order valence-corrected chi connectivity index (χ1v) is 10.9. The molecule has 3 rings (SSSR count). The van der Waals surface area contributed by atoms with Gasteiger partial charge < -0.3 is 0 Å². The van der Waals surface area contributed by atoms with Crippen molar-refractivity contribution in [2.24, 2.45) is 5.10 Å². The maximum atomic E-state index is 13.0. The van der Waals surface area contributed by atoms with Crippen LogP contribution in [0.3, 0.4) is 0 Å². The summed E-state index contributed by atoms with van der Waals surface area (Å²) in [4.78, 5) is 12.3. The van der Waals surface area contributed by atoms with Gasteiger partial charge in [-0.2, -0.15) is 18.3 Å². The topological polar surface area (TPSA) is 78.8 Å². The molecule has 1 N–H and O–H groups in total. The van der Waals surface area contributed by atoms with E-state index in [0.29, 0.717) is 11.1 Å². The second-order valence-corrected chi connectivity index (χ2v) is 8.55. The molecule has 0 aliphatic rings. The Morgan fingerprint density at radius 2 is 1.68 bits per heavy atom. The van der Waals surface area contributed by atoms with E-state index < -0.39 is 34.2 Å². The zero-order valence-corrected chi connectivity index (χ0v) is 17.1. The van der Waals surface area contributed by atoms with Crippen molar-refractivity contribution in [1.82, 2.24) is 5.43 Å². The summed E-state index contributed by atoms with van der Waals surface area (Å²) in [6.45, 7) is -0.592. The van der Waals surface area contributed by atoms with Crippen LogP contribution >= 0.6 is 0 Å². The summed E-state index contributed by atoms with van der Waals surface area (Å²) in [5.74, 6) is -0.806. The van der Waals surface area contributed by atoms with E-state index in [1.807, 2.05) is 12.1 Å². The van der Waals surface area contributed by atoms with Gasteiger partial charge in [-0.05, 0) is 17.5 Å². The summed E-state index contributed by atoms with van der Waals surface area (Å²) in [5, 5.41) is 4.98. The molecule has 3 aromatic carbocycles. The zero-order valence-electron chi connectivity index (χ0n) is 16.3. The second kappa shape index (κ2) is 8.76. The molecule has 0 aliphatic heterocycles. The van der Waals surface area contributed by atoms with Crippen LogP contribution in [0.15, 0.2) is 71.8 Å². The van der Waals surface area contributed by atoms with E-state index in [1.54, 1.807) is 30.3 Å². The molecule has 162 valence electrons. The molecule has 0 heterocycles. The van der Waals surface area contributed by atoms with E-state index in [9.17, 15) is 26.4 Å². The van der Waals surface area contributed by atoms with Gasteiger partial charge >= 0.3 is 6.18 Å². The number of carbonyl (C=O) groups excluding carboxylic acids is 1. The Morgan fingerprint density at radius 3 is 2.39 bits per heavy atom. The number of rotatable bonds is 6. The van der Waals surface area contributed by atoms with Gasteiger partial charge in [0.25, 0.3) is 5.91 Å². The number of benzene rings is 3. The summed E-state index contributed by atoms with van der Waals surface area (Å²) in [6.07, 6.45) is -2.75. The molecule has 6 nitrogen and oxygen atoms in total. The third kappa shape index (κ3) is 5.40. The van der Waals surface area contributed by atoms with Crippen molar-refractivity contribution in [3.05, 3.63) is 77.9 Å². The molecule has 0 saturated heterocycles. The van der Waals surface area contributed by atoms with Crippen LogP contribution in [0.25, 0.3) is 10.8 Å². The minimum absolute atomic E-state index is 0.232. The van der Waals surface area contributed by atoms with Crippen LogP contribution in [0.5, 0.6) is 0 Å². The Balaban J connectivity index is 1.82. The Morgan fingerprint density at radius 1 is 1.03 bits per heavy atom. The first-order chi connectivity index (χ1) is 14.6. The molecule has 0 bridgehead atoms. The summed E-state index contributed by atoms with van der Waals surface area (Å²) in [7, 11) is -3.84. The van der Waals surface area contributed by atoms with Gasteiger partial charge in [0.05, 0.1) is 23.7 Å². The van der Waals surface area contributed by atoms with E-state index in [4.69, 9.17) is 0 Å². The number of fused-ring (bicyclic) bond motifs is 1. The first-order valence-electron chi connectivity index (χ1n) is 9.01. The van der Waals surface area contributed by atoms with Crippen molar-refractivity contribution < 1.29 is 26.4 Å². The van der Waals surface area contributed by atoms with E-state index in [1.165, 1.54) is 18.2 Å². The summed E-state index contributed by atoms with van der Waals surface area (Å²) < 4.78 is 64.7. The average Bonchev–Trinajstić information content (AvgIpc) is 2.70. The van der Waals surface area contributed by atoms with Crippen molar-refractivity contribution >= 4 is 38.6 Å². The lowest BCUT2D eigenvalue weighted by molar-refractivity contribution is -0.137. The lowest BCUT2D eigenvalue weighted by Gasteiger charge is -2.23. The predicted octanol–water partition coefficient (Wildman–Crippen LogP) is 3.77. The van der Waals surface area contributed by atoms with Crippen LogP contribution in [0, 0.1) is 0 Å². The largest absolute Gasteiger partial charge is 0.417 e. The van der Waals surface area contributed by atoms with Gasteiger partial charge in [0.2, 0.25) is 10.0 Å². The Bertz CT molecular complexity index is 1240. The van der Waals surface area contributed by atoms with Crippen LogP contribution in [-0.4, -0.2) is 33.3 Å². The minimum Gasteiger partial charge on any atom is -0.271 e. The van der Waals surface area contributed by atoms with Crippen molar-refractivity contribution in [3.63, 3.8) is 0 Å². The number of halogens is 3. The fourth-order valence-corrected chi connectivity index (χ4v) is 3.88. The van der Waals surface area contributed by atoms with E-state index in [-0.39, 0.29) is 5.56 Å². The van der Waals surface area contributed by atoms with Gasteiger partial charge in [0.15, 0.2) is 0 Å². The molecule has 0 radical (unpaired) electrons. The van der Waals surface area contributed by atoms with Crippen molar-refractivity contribution in [2.75, 3.05) is 17.1 Å². The molecule has 10 heteroatoms. The number of nitrogens with one attached hydrogen (secondary N) is 1. The van der Waals surface area contributed by atoms with Gasteiger partial charge in [-0.1, -0.05) is 54.6 Å². The SMILES string of the molecule is CS(=O)(=O)N(CC(=O)N/N=C/c1ccccc1C(F)(F)F)c1cccc2ccccc12. The molecule has 1 amide bonds. The Hall–Kier alpha value is -3.40. The van der Waals surface area contributed by atoms with Crippen molar-refractivity contribution in [2.45, 2.75) is 6.18 Å². The number of alkyl halides is 3. The van der Waals surface area contributed by atoms with Gasteiger partial charge in [0.1, 0.15) is 6.54 Å². The third-order valence-corrected chi connectivity index (χ3v) is 5.51. The van der Waals surface area contributed by atoms with Crippen LogP contribution in [0.1, 0.15) is 11.1 Å². The van der Waals surface area contributed by atoms with E-state index in [2.05, 4.69) is 10.5 Å². The molecule has 0 aliphatic carbocycles. The maximum Gasteiger partial charge on any atom is 0.417 e. The zero-order chi connectivity index (χ0) is 22.6. The van der Waals surface area contributed by atoms with Gasteiger partial charge in [0, 0.05) is 10.9 Å². The first kappa shape index (κ1) is 22.3. The number of hydrazone groups is 1. The Labute approximate surface area is 177 Å². The number of anilines is 1. The minimum atomic E-state index is -4.58. The molecule has 0 spiro atoms. The summed E-state index contributed by atoms with van der Waals surface area (Å²) in [5.41, 5.74) is 1.26. The summed E-state index contributed by atoms with van der Waals surface area (Å²) >= 11 is 0. The fraction of sp³-hybridized carbons (Fsp3) is 0.143. The molecule has 0 aromatic heterocycles. The highest BCUT2D eigenvalue weighted by molar-refractivity contribution is 7.92. The molecule has 0 unspecified atom stereocenters. The molecule has 31 heavy (non-hydrogen) atoms. The molecular formula is C21H18F3N3O3S. The quantitative estimate of drug-likeness (QED) is 0.460. The predicted molar refractivity (Wildman–Crippen MR) is 113 cm³/mol. The van der Waals surface area contributed by atoms with E-state index in [0.717, 1.165) is 28.2 Å². The summed E-state index contributed by atoms with van der Waals surface area (Å²) in [6, 6.07) is 16.9. The standard InChI is InChI=1S/C21H18F3N3O3S/c1-31(29,30)27(19-12-6-9-15-7-2-4-10-17(15)19)14-20(28)26-25-13-16-8-3-5-11-18(16)21(22,23)24/h2-13H,14H2,1H3,(H,26,28)/b25-13+. The van der Waals surface area contributed by atoms with Crippen LogP contribution < -0.4 is 9.73 Å². The number of hydrogen-bond donors (Lipinski definition) is 1. The van der Waals surface area contributed by atoms with Crippen LogP contribution in [-0.2, 0) is 21.0 Å². The third-order valence-electron chi connectivity index (χ3n) is 4.38. The number of hydrogen-bond acceptors (Lipinski definition) is 4. The smallest absolute Gasteiger partial charge is 0.271 e. The number of amides is 1. The van der Waals surface area contributed by atoms with Gasteiger partial charge in [-0.25, -0.2) is 13.8 Å². The highest BCUT2D eigenvalue weighted by Gasteiger charge is 2.32. The Kier molecular flexibility index (Phi) is 6.30. The monoisotopic (exact) mass is 449 g/mol. The van der Waals surface area contributed by atoms with Crippen LogP contribution in [0.4, 0.5) is 18.9 Å². The lowest BCUT2D eigenvalue weighted by atomic mass is 10.1. The lowest BCUT2D eigenvalue weighted by Crippen LogP contribution is -2.39. The van der Waals surface area contributed by atoms with Crippen LogP contribution in [0.2, 0.25) is 0 Å². The molecule has 0 saturated carbocycles. The molecule has 0 atom stereocenters. The number of nitrogens with zero attached hydrogens (tertiary/aromatic N) is 2. The molecule has 0 fully saturated rings. The highest BCUT2D eigenvalue weighted by atomic mass is 32.2. The normalized spacial score (nSPS) is 12.3. The number of carbonyl (C=O) groups is 1. The molecular weight excluding hydrogens is 431 g/mol. The van der Waals surface area contributed by atoms with E-state index >= 15 is 0 Å². The molecule has 3 aromatic rings. The second-order valence-electron chi connectivity index (χ2n) is 6.65.